The fraction of sp³-hybridized carbons (Fsp3) is 0.471. The molecule has 1 saturated heterocycles. The molecule has 0 aromatic heterocycles. The van der Waals surface area contributed by atoms with Gasteiger partial charge >= 0.3 is 0 Å². The average Bonchev–Trinajstić information content (AvgIpc) is 2.85. The molecule has 8 nitrogen and oxygen atoms in total. The van der Waals surface area contributed by atoms with E-state index in [1.54, 1.807) is 18.4 Å². The lowest BCUT2D eigenvalue weighted by Crippen LogP contribution is -2.50. The summed E-state index contributed by atoms with van der Waals surface area (Å²) in [6.45, 7) is 3.77. The van der Waals surface area contributed by atoms with E-state index in [9.17, 15) is 20.1 Å². The Labute approximate surface area is 145 Å². The number of ketones is 1. The van der Waals surface area contributed by atoms with Crippen LogP contribution in [-0.4, -0.2) is 68.9 Å². The fourth-order valence-electron chi connectivity index (χ4n) is 3.26. The normalized spacial score (nSPS) is 39.7. The van der Waals surface area contributed by atoms with Gasteiger partial charge in [-0.05, 0) is 11.6 Å². The van der Waals surface area contributed by atoms with E-state index in [0.717, 1.165) is 5.57 Å². The van der Waals surface area contributed by atoms with Crippen molar-refractivity contribution in [1.82, 2.24) is 4.90 Å². The zero-order valence-electron chi connectivity index (χ0n) is 13.6. The van der Waals surface area contributed by atoms with Crippen molar-refractivity contribution < 1.29 is 24.9 Å². The summed E-state index contributed by atoms with van der Waals surface area (Å²) in [5.41, 5.74) is 12.5. The second-order valence-corrected chi connectivity index (χ2v) is 6.51. The second-order valence-electron chi connectivity index (χ2n) is 6.51. The van der Waals surface area contributed by atoms with Gasteiger partial charge in [-0.25, -0.2) is 0 Å². The van der Waals surface area contributed by atoms with Gasteiger partial charge in [-0.2, -0.15) is 0 Å². The molecule has 0 saturated carbocycles. The quantitative estimate of drug-likeness (QED) is 0.404. The SMILES string of the molecule is C=C1C=CN([C@@H]2O[C@H]([C@H](O)C3=CC=CC(N)C3=O)C(N)C2O)C(O)C1. The third-order valence-corrected chi connectivity index (χ3v) is 4.74. The number of aliphatic hydroxyl groups excluding tert-OH is 3. The number of nitrogens with two attached hydrogens (primary N) is 2. The molecule has 1 aliphatic carbocycles. The Balaban J connectivity index is 1.79. The smallest absolute Gasteiger partial charge is 0.182 e. The molecule has 2 aliphatic heterocycles. The maximum absolute atomic E-state index is 12.1. The van der Waals surface area contributed by atoms with E-state index in [4.69, 9.17) is 16.2 Å². The molecule has 25 heavy (non-hydrogen) atoms. The van der Waals surface area contributed by atoms with E-state index >= 15 is 0 Å². The van der Waals surface area contributed by atoms with Gasteiger partial charge in [-0.1, -0.05) is 24.8 Å². The Kier molecular flexibility index (Phi) is 4.92. The minimum absolute atomic E-state index is 0.0893. The first-order valence-electron chi connectivity index (χ1n) is 8.08. The number of hydrogen-bond donors (Lipinski definition) is 5. The van der Waals surface area contributed by atoms with Gasteiger partial charge in [-0.3, -0.25) is 4.79 Å². The predicted octanol–water partition coefficient (Wildman–Crippen LogP) is -1.75. The first-order valence-corrected chi connectivity index (χ1v) is 8.08. The molecule has 8 heteroatoms. The van der Waals surface area contributed by atoms with Crippen LogP contribution in [0, 0.1) is 0 Å². The van der Waals surface area contributed by atoms with Gasteiger partial charge in [0.25, 0.3) is 0 Å². The highest BCUT2D eigenvalue weighted by molar-refractivity contribution is 6.02. The van der Waals surface area contributed by atoms with Crippen molar-refractivity contribution in [3.63, 3.8) is 0 Å². The fourth-order valence-corrected chi connectivity index (χ4v) is 3.26. The highest BCUT2D eigenvalue weighted by atomic mass is 16.6. The summed E-state index contributed by atoms with van der Waals surface area (Å²) < 4.78 is 5.73. The summed E-state index contributed by atoms with van der Waals surface area (Å²) in [7, 11) is 0. The minimum atomic E-state index is -1.33. The molecule has 7 atom stereocenters. The number of allylic oxidation sites excluding steroid dienone is 3. The highest BCUT2D eigenvalue weighted by Gasteiger charge is 2.49. The number of rotatable bonds is 3. The van der Waals surface area contributed by atoms with Crippen molar-refractivity contribution in [2.24, 2.45) is 11.5 Å². The van der Waals surface area contributed by atoms with E-state index < -0.39 is 48.6 Å². The highest BCUT2D eigenvalue weighted by Crippen LogP contribution is 2.31. The number of nitrogens with zero attached hydrogens (tertiary/aromatic N) is 1. The van der Waals surface area contributed by atoms with E-state index in [1.165, 1.54) is 17.1 Å². The Morgan fingerprint density at radius 1 is 1.36 bits per heavy atom. The zero-order chi connectivity index (χ0) is 18.3. The maximum atomic E-state index is 12.1. The number of carbonyl (C=O) groups excluding carboxylic acids is 1. The van der Waals surface area contributed by atoms with E-state index in [-0.39, 0.29) is 5.57 Å². The van der Waals surface area contributed by atoms with Crippen molar-refractivity contribution in [2.45, 2.75) is 49.3 Å². The number of carbonyl (C=O) groups is 1. The molecule has 4 unspecified atom stereocenters. The van der Waals surface area contributed by atoms with Crippen molar-refractivity contribution in [2.75, 3.05) is 0 Å². The van der Waals surface area contributed by atoms with Crippen LogP contribution in [0.15, 0.2) is 48.2 Å². The summed E-state index contributed by atoms with van der Waals surface area (Å²) in [6, 6.07) is -1.77. The van der Waals surface area contributed by atoms with Crippen molar-refractivity contribution in [1.29, 1.82) is 0 Å². The van der Waals surface area contributed by atoms with Crippen LogP contribution in [0.5, 0.6) is 0 Å². The summed E-state index contributed by atoms with van der Waals surface area (Å²) >= 11 is 0. The topological polar surface area (TPSA) is 142 Å². The average molecular weight is 349 g/mol. The number of ether oxygens (including phenoxy) is 1. The van der Waals surface area contributed by atoms with Crippen LogP contribution in [0.2, 0.25) is 0 Å². The van der Waals surface area contributed by atoms with Crippen LogP contribution in [0.1, 0.15) is 6.42 Å². The van der Waals surface area contributed by atoms with Gasteiger partial charge in [0.15, 0.2) is 12.0 Å². The third kappa shape index (κ3) is 3.20. The molecule has 0 radical (unpaired) electrons. The molecule has 1 fully saturated rings. The van der Waals surface area contributed by atoms with Crippen LogP contribution in [-0.2, 0) is 9.53 Å². The minimum Gasteiger partial charge on any atom is -0.387 e. The second kappa shape index (κ2) is 6.83. The first-order chi connectivity index (χ1) is 11.8. The lowest BCUT2D eigenvalue weighted by molar-refractivity contribution is -0.141. The van der Waals surface area contributed by atoms with Gasteiger partial charge < -0.3 is 36.4 Å². The van der Waals surface area contributed by atoms with Crippen LogP contribution in [0.25, 0.3) is 0 Å². The summed E-state index contributed by atoms with van der Waals surface area (Å²) in [4.78, 5) is 13.6. The lowest BCUT2D eigenvalue weighted by atomic mass is 9.90. The van der Waals surface area contributed by atoms with Crippen molar-refractivity contribution in [3.05, 3.63) is 48.2 Å². The molecule has 7 N–H and O–H groups in total. The molecule has 3 aliphatic rings. The van der Waals surface area contributed by atoms with Crippen molar-refractivity contribution >= 4 is 5.78 Å². The van der Waals surface area contributed by atoms with Gasteiger partial charge in [0.2, 0.25) is 0 Å². The Morgan fingerprint density at radius 2 is 2.08 bits per heavy atom. The molecule has 0 aromatic carbocycles. The number of aliphatic hydroxyl groups is 3. The molecule has 0 bridgehead atoms. The molecule has 3 rings (SSSR count). The summed E-state index contributed by atoms with van der Waals surface area (Å²) in [5, 5.41) is 31.2. The molecule has 0 amide bonds. The molecule has 0 spiro atoms. The predicted molar refractivity (Wildman–Crippen MR) is 89.6 cm³/mol. The molecule has 2 heterocycles. The monoisotopic (exact) mass is 349 g/mol. The van der Waals surface area contributed by atoms with Crippen molar-refractivity contribution in [3.8, 4) is 0 Å². The van der Waals surface area contributed by atoms with Crippen LogP contribution >= 0.6 is 0 Å². The summed E-state index contributed by atoms with van der Waals surface area (Å²) in [6.07, 6.45) is 2.76. The van der Waals surface area contributed by atoms with E-state index in [2.05, 4.69) is 6.58 Å². The van der Waals surface area contributed by atoms with Gasteiger partial charge in [0, 0.05) is 18.2 Å². The Morgan fingerprint density at radius 3 is 2.76 bits per heavy atom. The van der Waals surface area contributed by atoms with Gasteiger partial charge in [-0.15, -0.1) is 0 Å². The molecule has 136 valence electrons. The zero-order valence-corrected chi connectivity index (χ0v) is 13.6. The Hall–Kier alpha value is -1.81. The Bertz CT molecular complexity index is 659. The third-order valence-electron chi connectivity index (χ3n) is 4.74. The van der Waals surface area contributed by atoms with Crippen LogP contribution < -0.4 is 11.5 Å². The number of Topliss-reactive ketones (excluding diaryl/α,β-unsaturated/α-hetero) is 1. The standard InChI is InChI=1S/C17H23N3O5/c1-8-5-6-20(11(21)7-8)17-15(24)12(19)16(25-17)14(23)9-3-2-4-10(18)13(9)22/h2-6,10-12,14-17,21,23-24H,1,7,18-19H2/t10?,11?,12?,14-,15?,16+,17-/m1/s1. The molecular formula is C17H23N3O5. The number of hydrogen-bond acceptors (Lipinski definition) is 8. The van der Waals surface area contributed by atoms with Gasteiger partial charge in [0.1, 0.15) is 24.5 Å². The van der Waals surface area contributed by atoms with Crippen LogP contribution in [0.4, 0.5) is 0 Å². The molecule has 0 aromatic rings. The lowest BCUT2D eigenvalue weighted by Gasteiger charge is -2.36. The molecular weight excluding hydrogens is 326 g/mol. The summed E-state index contributed by atoms with van der Waals surface area (Å²) in [5.74, 6) is -0.419. The maximum Gasteiger partial charge on any atom is 0.182 e. The van der Waals surface area contributed by atoms with Gasteiger partial charge in [0.05, 0.1) is 12.1 Å². The van der Waals surface area contributed by atoms with Crippen LogP contribution in [0.3, 0.4) is 0 Å². The largest absolute Gasteiger partial charge is 0.387 e. The first kappa shape index (κ1) is 18.0. The van der Waals surface area contributed by atoms with E-state index in [1.807, 2.05) is 0 Å². The van der Waals surface area contributed by atoms with E-state index in [0.29, 0.717) is 6.42 Å².